The molecule has 0 amide bonds. The SMILES string of the molecule is CCc1n[nH]c(=S)n1-c1ccc(C)nc1C. The predicted octanol–water partition coefficient (Wildman–Crippen LogP) is 2.50. The van der Waals surface area contributed by atoms with Crippen LogP contribution >= 0.6 is 12.2 Å². The average Bonchev–Trinajstić information content (AvgIpc) is 2.60. The minimum atomic E-state index is 0.616. The highest BCUT2D eigenvalue weighted by molar-refractivity contribution is 7.71. The van der Waals surface area contributed by atoms with Crippen molar-refractivity contribution in [1.29, 1.82) is 0 Å². The van der Waals surface area contributed by atoms with Crippen molar-refractivity contribution in [3.05, 3.63) is 34.1 Å². The standard InChI is InChI=1S/C11H14N4S/c1-4-10-13-14-11(16)15(10)9-6-5-7(2)12-8(9)3/h5-6H,4H2,1-3H3,(H,14,16). The third-order valence-electron chi connectivity index (χ3n) is 2.50. The minimum absolute atomic E-state index is 0.616. The lowest BCUT2D eigenvalue weighted by Gasteiger charge is -2.08. The van der Waals surface area contributed by atoms with E-state index in [-0.39, 0.29) is 0 Å². The molecule has 2 aromatic heterocycles. The molecule has 0 aromatic carbocycles. The van der Waals surface area contributed by atoms with Crippen LogP contribution in [0, 0.1) is 18.6 Å². The Balaban J connectivity index is 2.67. The monoisotopic (exact) mass is 234 g/mol. The van der Waals surface area contributed by atoms with Gasteiger partial charge >= 0.3 is 0 Å². The topological polar surface area (TPSA) is 46.5 Å². The molecule has 0 spiro atoms. The predicted molar refractivity (Wildman–Crippen MR) is 65.4 cm³/mol. The molecular formula is C11H14N4S. The normalized spacial score (nSPS) is 10.7. The Morgan fingerprint density at radius 1 is 1.38 bits per heavy atom. The largest absolute Gasteiger partial charge is 0.270 e. The number of pyridine rings is 1. The van der Waals surface area contributed by atoms with E-state index in [1.54, 1.807) is 0 Å². The van der Waals surface area contributed by atoms with Gasteiger partial charge in [-0.05, 0) is 38.2 Å². The van der Waals surface area contributed by atoms with E-state index < -0.39 is 0 Å². The van der Waals surface area contributed by atoms with Crippen molar-refractivity contribution >= 4 is 12.2 Å². The van der Waals surface area contributed by atoms with Crippen molar-refractivity contribution in [3.63, 3.8) is 0 Å². The van der Waals surface area contributed by atoms with Gasteiger partial charge in [0.05, 0.1) is 11.4 Å². The maximum Gasteiger partial charge on any atom is 0.199 e. The van der Waals surface area contributed by atoms with Gasteiger partial charge in [0.25, 0.3) is 0 Å². The summed E-state index contributed by atoms with van der Waals surface area (Å²) in [6, 6.07) is 4.01. The number of aromatic nitrogens is 4. The zero-order chi connectivity index (χ0) is 11.7. The molecule has 4 nitrogen and oxygen atoms in total. The first-order valence-corrected chi connectivity index (χ1v) is 5.65. The molecule has 2 rings (SSSR count). The number of aromatic amines is 1. The Bertz CT molecular complexity index is 568. The molecule has 5 heteroatoms. The first-order valence-electron chi connectivity index (χ1n) is 5.24. The van der Waals surface area contributed by atoms with Gasteiger partial charge in [-0.2, -0.15) is 5.10 Å². The molecule has 0 saturated heterocycles. The summed E-state index contributed by atoms with van der Waals surface area (Å²) in [4.78, 5) is 4.44. The van der Waals surface area contributed by atoms with Crippen molar-refractivity contribution < 1.29 is 0 Å². The van der Waals surface area contributed by atoms with E-state index in [0.717, 1.165) is 29.3 Å². The van der Waals surface area contributed by atoms with Crippen molar-refractivity contribution in [2.75, 3.05) is 0 Å². The molecule has 0 aliphatic rings. The van der Waals surface area contributed by atoms with Crippen LogP contribution in [0.5, 0.6) is 0 Å². The van der Waals surface area contributed by atoms with Crippen LogP contribution in [0.3, 0.4) is 0 Å². The molecule has 0 unspecified atom stereocenters. The van der Waals surface area contributed by atoms with Gasteiger partial charge in [0.15, 0.2) is 4.77 Å². The summed E-state index contributed by atoms with van der Waals surface area (Å²) in [7, 11) is 0. The van der Waals surface area contributed by atoms with Gasteiger partial charge in [-0.3, -0.25) is 14.6 Å². The van der Waals surface area contributed by atoms with Crippen LogP contribution in [0.25, 0.3) is 5.69 Å². The molecule has 84 valence electrons. The van der Waals surface area contributed by atoms with Crippen LogP contribution in [0.2, 0.25) is 0 Å². The molecule has 0 saturated carbocycles. The van der Waals surface area contributed by atoms with Gasteiger partial charge in [0, 0.05) is 12.1 Å². The number of hydrogen-bond acceptors (Lipinski definition) is 3. The van der Waals surface area contributed by atoms with Crippen LogP contribution in [0.1, 0.15) is 24.1 Å². The van der Waals surface area contributed by atoms with Crippen LogP contribution in [-0.4, -0.2) is 19.7 Å². The Morgan fingerprint density at radius 3 is 2.75 bits per heavy atom. The zero-order valence-corrected chi connectivity index (χ0v) is 10.4. The zero-order valence-electron chi connectivity index (χ0n) is 9.61. The molecule has 0 bridgehead atoms. The van der Waals surface area contributed by atoms with Gasteiger partial charge in [0.1, 0.15) is 5.82 Å². The van der Waals surface area contributed by atoms with Crippen LogP contribution in [0.4, 0.5) is 0 Å². The van der Waals surface area contributed by atoms with Crippen LogP contribution < -0.4 is 0 Å². The van der Waals surface area contributed by atoms with Gasteiger partial charge in [-0.15, -0.1) is 0 Å². The summed E-state index contributed by atoms with van der Waals surface area (Å²) in [5.41, 5.74) is 2.97. The van der Waals surface area contributed by atoms with E-state index in [2.05, 4.69) is 22.1 Å². The van der Waals surface area contributed by atoms with E-state index in [9.17, 15) is 0 Å². The Hall–Kier alpha value is -1.49. The van der Waals surface area contributed by atoms with Crippen molar-refractivity contribution in [3.8, 4) is 5.69 Å². The first kappa shape index (κ1) is 11.0. The fourth-order valence-corrected chi connectivity index (χ4v) is 1.98. The van der Waals surface area contributed by atoms with Crippen molar-refractivity contribution in [2.24, 2.45) is 0 Å². The van der Waals surface area contributed by atoms with E-state index in [0.29, 0.717) is 4.77 Å². The third kappa shape index (κ3) is 1.78. The van der Waals surface area contributed by atoms with E-state index in [4.69, 9.17) is 12.2 Å². The van der Waals surface area contributed by atoms with Gasteiger partial charge in [0.2, 0.25) is 0 Å². The first-order chi connectivity index (χ1) is 7.63. The molecule has 0 atom stereocenters. The highest BCUT2D eigenvalue weighted by Gasteiger charge is 2.09. The highest BCUT2D eigenvalue weighted by atomic mass is 32.1. The molecule has 0 radical (unpaired) electrons. The average molecular weight is 234 g/mol. The molecule has 1 N–H and O–H groups in total. The highest BCUT2D eigenvalue weighted by Crippen LogP contribution is 2.15. The smallest absolute Gasteiger partial charge is 0.199 e. The minimum Gasteiger partial charge on any atom is -0.270 e. The molecule has 0 aliphatic carbocycles. The lowest BCUT2D eigenvalue weighted by molar-refractivity contribution is 0.866. The number of rotatable bonds is 2. The summed E-state index contributed by atoms with van der Waals surface area (Å²) in [5.74, 6) is 0.929. The molecule has 0 aliphatic heterocycles. The summed E-state index contributed by atoms with van der Waals surface area (Å²) in [6.45, 7) is 6.01. The number of H-pyrrole nitrogens is 1. The maximum atomic E-state index is 5.23. The molecule has 0 fully saturated rings. The van der Waals surface area contributed by atoms with E-state index in [1.165, 1.54) is 0 Å². The number of hydrogen-bond donors (Lipinski definition) is 1. The van der Waals surface area contributed by atoms with Crippen molar-refractivity contribution in [2.45, 2.75) is 27.2 Å². The fraction of sp³-hybridized carbons (Fsp3) is 0.364. The Kier molecular flexibility index (Phi) is 2.87. The second kappa shape index (κ2) is 4.17. The van der Waals surface area contributed by atoms with E-state index >= 15 is 0 Å². The summed E-state index contributed by atoms with van der Waals surface area (Å²) in [5, 5.41) is 7.01. The molecular weight excluding hydrogens is 220 g/mol. The van der Waals surface area contributed by atoms with Gasteiger partial charge < -0.3 is 0 Å². The summed E-state index contributed by atoms with van der Waals surface area (Å²) >= 11 is 5.23. The Morgan fingerprint density at radius 2 is 2.12 bits per heavy atom. The number of aryl methyl sites for hydroxylation is 3. The van der Waals surface area contributed by atoms with Gasteiger partial charge in [-0.25, -0.2) is 0 Å². The lowest BCUT2D eigenvalue weighted by Crippen LogP contribution is -2.04. The summed E-state index contributed by atoms with van der Waals surface area (Å²) in [6.07, 6.45) is 0.834. The molecule has 16 heavy (non-hydrogen) atoms. The fourth-order valence-electron chi connectivity index (χ4n) is 1.73. The quantitative estimate of drug-likeness (QED) is 0.812. The van der Waals surface area contributed by atoms with E-state index in [1.807, 2.05) is 30.5 Å². The lowest BCUT2D eigenvalue weighted by atomic mass is 10.2. The number of nitrogens with one attached hydrogen (secondary N) is 1. The Labute approximate surface area is 99.4 Å². The van der Waals surface area contributed by atoms with Crippen LogP contribution in [-0.2, 0) is 6.42 Å². The number of nitrogens with zero attached hydrogens (tertiary/aromatic N) is 3. The maximum absolute atomic E-state index is 5.23. The third-order valence-corrected chi connectivity index (χ3v) is 2.77. The molecule has 2 aromatic rings. The van der Waals surface area contributed by atoms with Crippen LogP contribution in [0.15, 0.2) is 12.1 Å². The second-order valence-corrected chi connectivity index (χ2v) is 4.08. The molecule has 2 heterocycles. The summed E-state index contributed by atoms with van der Waals surface area (Å²) < 4.78 is 2.56. The van der Waals surface area contributed by atoms with Crippen molar-refractivity contribution in [1.82, 2.24) is 19.7 Å². The second-order valence-electron chi connectivity index (χ2n) is 3.69. The van der Waals surface area contributed by atoms with Gasteiger partial charge in [-0.1, -0.05) is 6.92 Å².